The van der Waals surface area contributed by atoms with Gasteiger partial charge >= 0.3 is 0 Å². The van der Waals surface area contributed by atoms with Crippen molar-refractivity contribution in [2.24, 2.45) is 7.05 Å². The summed E-state index contributed by atoms with van der Waals surface area (Å²) in [7, 11) is 1.89. The molecule has 0 spiro atoms. The summed E-state index contributed by atoms with van der Waals surface area (Å²) in [6.45, 7) is 12.6. The molecule has 1 fully saturated rings. The monoisotopic (exact) mass is 354 g/mol. The van der Waals surface area contributed by atoms with Gasteiger partial charge in [0.25, 0.3) is 5.91 Å². The zero-order chi connectivity index (χ0) is 18.8. The van der Waals surface area contributed by atoms with Gasteiger partial charge in [-0.15, -0.1) is 0 Å². The third kappa shape index (κ3) is 3.83. The highest BCUT2D eigenvalue weighted by atomic mass is 16.2. The molecule has 0 atom stereocenters. The van der Waals surface area contributed by atoms with Crippen LogP contribution in [-0.2, 0) is 13.6 Å². The van der Waals surface area contributed by atoms with E-state index < -0.39 is 0 Å². The second kappa shape index (κ2) is 7.62. The van der Waals surface area contributed by atoms with Gasteiger partial charge in [-0.1, -0.05) is 38.1 Å². The SMILES string of the molecule is Cc1nn(C)c(C)c1C(=O)N1CCN(Cc2ccc(C(C)C)cc2)CC1. The molecule has 5 heteroatoms. The average molecular weight is 354 g/mol. The van der Waals surface area contributed by atoms with Gasteiger partial charge in [-0.2, -0.15) is 5.10 Å². The molecule has 1 saturated heterocycles. The molecular formula is C21H30N4O. The zero-order valence-corrected chi connectivity index (χ0v) is 16.6. The maximum absolute atomic E-state index is 12.9. The molecule has 3 rings (SSSR count). The summed E-state index contributed by atoms with van der Waals surface area (Å²) in [6.07, 6.45) is 0. The highest BCUT2D eigenvalue weighted by Crippen LogP contribution is 2.18. The molecule has 1 amide bonds. The summed E-state index contributed by atoms with van der Waals surface area (Å²) in [5.41, 5.74) is 5.26. The number of hydrogen-bond acceptors (Lipinski definition) is 3. The summed E-state index contributed by atoms with van der Waals surface area (Å²) in [4.78, 5) is 17.3. The lowest BCUT2D eigenvalue weighted by Crippen LogP contribution is -2.48. The van der Waals surface area contributed by atoms with E-state index in [2.05, 4.69) is 48.1 Å². The lowest BCUT2D eigenvalue weighted by Gasteiger charge is -2.35. The second-order valence-corrected chi connectivity index (χ2v) is 7.63. The minimum Gasteiger partial charge on any atom is -0.336 e. The molecule has 5 nitrogen and oxygen atoms in total. The number of amides is 1. The van der Waals surface area contributed by atoms with Gasteiger partial charge in [0, 0.05) is 45.5 Å². The van der Waals surface area contributed by atoms with Crippen molar-refractivity contribution in [3.8, 4) is 0 Å². The largest absolute Gasteiger partial charge is 0.336 e. The van der Waals surface area contributed by atoms with E-state index in [0.29, 0.717) is 5.92 Å². The van der Waals surface area contributed by atoms with Crippen LogP contribution in [0.1, 0.15) is 52.6 Å². The molecule has 0 unspecified atom stereocenters. The fourth-order valence-corrected chi connectivity index (χ4v) is 3.62. The molecule has 0 aliphatic carbocycles. The molecular weight excluding hydrogens is 324 g/mol. The summed E-state index contributed by atoms with van der Waals surface area (Å²) >= 11 is 0. The van der Waals surface area contributed by atoms with Gasteiger partial charge in [0.2, 0.25) is 0 Å². The number of piperazine rings is 1. The quantitative estimate of drug-likeness (QED) is 0.847. The van der Waals surface area contributed by atoms with Gasteiger partial charge in [0.15, 0.2) is 0 Å². The Morgan fingerprint density at radius 2 is 1.69 bits per heavy atom. The smallest absolute Gasteiger partial charge is 0.257 e. The van der Waals surface area contributed by atoms with Crippen LogP contribution in [-0.4, -0.2) is 51.7 Å². The van der Waals surface area contributed by atoms with E-state index in [4.69, 9.17) is 0 Å². The number of carbonyl (C=O) groups excluding carboxylic acids is 1. The number of aromatic nitrogens is 2. The molecule has 0 radical (unpaired) electrons. The molecule has 2 aromatic rings. The number of benzene rings is 1. The van der Waals surface area contributed by atoms with Crippen LogP contribution in [0.25, 0.3) is 0 Å². The van der Waals surface area contributed by atoms with E-state index >= 15 is 0 Å². The maximum Gasteiger partial charge on any atom is 0.257 e. The van der Waals surface area contributed by atoms with E-state index in [1.165, 1.54) is 11.1 Å². The normalized spacial score (nSPS) is 15.7. The van der Waals surface area contributed by atoms with E-state index in [-0.39, 0.29) is 5.91 Å². The van der Waals surface area contributed by atoms with Crippen LogP contribution in [0, 0.1) is 13.8 Å². The van der Waals surface area contributed by atoms with E-state index in [1.54, 1.807) is 4.68 Å². The Kier molecular flexibility index (Phi) is 5.47. The van der Waals surface area contributed by atoms with Gasteiger partial charge < -0.3 is 4.90 Å². The molecule has 2 heterocycles. The molecule has 140 valence electrons. The Morgan fingerprint density at radius 1 is 1.08 bits per heavy atom. The van der Waals surface area contributed by atoms with Crippen molar-refractivity contribution in [3.63, 3.8) is 0 Å². The Balaban J connectivity index is 1.58. The van der Waals surface area contributed by atoms with E-state index in [1.807, 2.05) is 25.8 Å². The van der Waals surface area contributed by atoms with Crippen molar-refractivity contribution < 1.29 is 4.79 Å². The standard InChI is InChI=1S/C21H30N4O/c1-15(2)19-8-6-18(7-9-19)14-24-10-12-25(13-11-24)21(26)20-16(3)22-23(5)17(20)4/h6-9,15H,10-14H2,1-5H3. The van der Waals surface area contributed by atoms with Crippen molar-refractivity contribution in [3.05, 3.63) is 52.3 Å². The maximum atomic E-state index is 12.9. The van der Waals surface area contributed by atoms with Crippen molar-refractivity contribution in [1.29, 1.82) is 0 Å². The molecule has 0 saturated carbocycles. The van der Waals surface area contributed by atoms with E-state index in [9.17, 15) is 4.79 Å². The minimum absolute atomic E-state index is 0.119. The first kappa shape index (κ1) is 18.6. The number of hydrogen-bond donors (Lipinski definition) is 0. The topological polar surface area (TPSA) is 41.4 Å². The Labute approximate surface area is 156 Å². The van der Waals surface area contributed by atoms with Crippen LogP contribution >= 0.6 is 0 Å². The Bertz CT molecular complexity index is 768. The van der Waals surface area contributed by atoms with Crippen LogP contribution in [0.15, 0.2) is 24.3 Å². The molecule has 26 heavy (non-hydrogen) atoms. The van der Waals surface area contributed by atoms with Crippen LogP contribution in [0.2, 0.25) is 0 Å². The number of carbonyl (C=O) groups is 1. The molecule has 0 bridgehead atoms. The van der Waals surface area contributed by atoms with Crippen LogP contribution < -0.4 is 0 Å². The lowest BCUT2D eigenvalue weighted by molar-refractivity contribution is 0.0627. The molecule has 1 aliphatic rings. The highest BCUT2D eigenvalue weighted by molar-refractivity contribution is 5.96. The van der Waals surface area contributed by atoms with E-state index in [0.717, 1.165) is 49.7 Å². The van der Waals surface area contributed by atoms with Gasteiger partial charge in [-0.05, 0) is 30.9 Å². The predicted octanol–water partition coefficient (Wildman–Crippen LogP) is 3.12. The minimum atomic E-state index is 0.119. The van der Waals surface area contributed by atoms with Gasteiger partial charge in [-0.25, -0.2) is 0 Å². The summed E-state index contributed by atoms with van der Waals surface area (Å²) in [5, 5.41) is 4.38. The first-order valence-electron chi connectivity index (χ1n) is 9.47. The predicted molar refractivity (Wildman–Crippen MR) is 104 cm³/mol. The van der Waals surface area contributed by atoms with Crippen LogP contribution in [0.5, 0.6) is 0 Å². The Morgan fingerprint density at radius 3 is 2.19 bits per heavy atom. The number of rotatable bonds is 4. The van der Waals surface area contributed by atoms with Crippen LogP contribution in [0.3, 0.4) is 0 Å². The van der Waals surface area contributed by atoms with Crippen molar-refractivity contribution in [1.82, 2.24) is 19.6 Å². The molecule has 0 N–H and O–H groups in total. The summed E-state index contributed by atoms with van der Waals surface area (Å²) in [5.74, 6) is 0.687. The van der Waals surface area contributed by atoms with Crippen molar-refractivity contribution in [2.45, 2.75) is 40.2 Å². The second-order valence-electron chi connectivity index (χ2n) is 7.63. The first-order valence-corrected chi connectivity index (χ1v) is 9.47. The number of aryl methyl sites for hydroxylation is 2. The highest BCUT2D eigenvalue weighted by Gasteiger charge is 2.26. The summed E-state index contributed by atoms with van der Waals surface area (Å²) in [6, 6.07) is 8.92. The summed E-state index contributed by atoms with van der Waals surface area (Å²) < 4.78 is 1.79. The van der Waals surface area contributed by atoms with Crippen molar-refractivity contribution in [2.75, 3.05) is 26.2 Å². The van der Waals surface area contributed by atoms with Gasteiger partial charge in [-0.3, -0.25) is 14.4 Å². The molecule has 1 aliphatic heterocycles. The number of nitrogens with zero attached hydrogens (tertiary/aromatic N) is 4. The van der Waals surface area contributed by atoms with Crippen molar-refractivity contribution >= 4 is 5.91 Å². The van der Waals surface area contributed by atoms with Gasteiger partial charge in [0.1, 0.15) is 0 Å². The third-order valence-corrected chi connectivity index (χ3v) is 5.43. The van der Waals surface area contributed by atoms with Gasteiger partial charge in [0.05, 0.1) is 11.3 Å². The fourth-order valence-electron chi connectivity index (χ4n) is 3.62. The first-order chi connectivity index (χ1) is 12.4. The fraction of sp³-hybridized carbons (Fsp3) is 0.524. The zero-order valence-electron chi connectivity index (χ0n) is 16.6. The lowest BCUT2D eigenvalue weighted by atomic mass is 10.0. The van der Waals surface area contributed by atoms with Crippen LogP contribution in [0.4, 0.5) is 0 Å². The molecule has 1 aromatic carbocycles. The molecule has 1 aromatic heterocycles. The Hall–Kier alpha value is -2.14. The average Bonchev–Trinajstić information content (AvgIpc) is 2.87. The third-order valence-electron chi connectivity index (χ3n) is 5.43.